The second-order valence-corrected chi connectivity index (χ2v) is 5.75. The van der Waals surface area contributed by atoms with Crippen LogP contribution in [0.5, 0.6) is 17.2 Å². The molecule has 1 saturated heterocycles. The van der Waals surface area contributed by atoms with E-state index in [1.165, 1.54) is 20.3 Å². The lowest BCUT2D eigenvalue weighted by atomic mass is 10.1. The smallest absolute Gasteiger partial charge is 0.317 e. The minimum atomic E-state index is -0.856. The summed E-state index contributed by atoms with van der Waals surface area (Å²) in [6, 6.07) is 3.53. The average Bonchev–Trinajstić information content (AvgIpc) is 2.65. The molecule has 0 aliphatic carbocycles. The number of amides is 1. The Labute approximate surface area is 152 Å². The summed E-state index contributed by atoms with van der Waals surface area (Å²) in [5.41, 5.74) is 0.697. The number of carboxylic acids is 1. The first-order valence-corrected chi connectivity index (χ1v) is 8.20. The van der Waals surface area contributed by atoms with Gasteiger partial charge in [-0.2, -0.15) is 0 Å². The van der Waals surface area contributed by atoms with Crippen LogP contribution in [0, 0.1) is 0 Å². The van der Waals surface area contributed by atoms with Gasteiger partial charge >= 0.3 is 5.97 Å². The highest BCUT2D eigenvalue weighted by molar-refractivity contribution is 5.92. The second-order valence-electron chi connectivity index (χ2n) is 5.75. The first-order valence-electron chi connectivity index (χ1n) is 8.20. The quantitative estimate of drug-likeness (QED) is 0.721. The molecule has 142 valence electrons. The monoisotopic (exact) mass is 364 g/mol. The third kappa shape index (κ3) is 4.66. The Kier molecular flexibility index (Phi) is 6.85. The Bertz CT molecular complexity index is 681. The number of hydrogen-bond donors (Lipinski definition) is 1. The summed E-state index contributed by atoms with van der Waals surface area (Å²) in [6.45, 7) is 2.09. The van der Waals surface area contributed by atoms with Gasteiger partial charge < -0.3 is 24.2 Å². The van der Waals surface area contributed by atoms with Gasteiger partial charge in [-0.15, -0.1) is 0 Å². The van der Waals surface area contributed by atoms with Gasteiger partial charge in [0.25, 0.3) is 0 Å². The number of nitrogens with zero attached hydrogens (tertiary/aromatic N) is 2. The number of piperazine rings is 1. The molecule has 0 bridgehead atoms. The van der Waals surface area contributed by atoms with Gasteiger partial charge in [0, 0.05) is 37.8 Å². The van der Waals surface area contributed by atoms with Gasteiger partial charge in [0.1, 0.15) is 0 Å². The Balaban J connectivity index is 2.06. The van der Waals surface area contributed by atoms with Crippen LogP contribution in [0.3, 0.4) is 0 Å². The third-order valence-electron chi connectivity index (χ3n) is 4.18. The van der Waals surface area contributed by atoms with E-state index in [2.05, 4.69) is 0 Å². The highest BCUT2D eigenvalue weighted by atomic mass is 16.5. The Morgan fingerprint density at radius 1 is 1.04 bits per heavy atom. The average molecular weight is 364 g/mol. The van der Waals surface area contributed by atoms with Crippen molar-refractivity contribution >= 4 is 18.0 Å². The maximum absolute atomic E-state index is 12.4. The Morgan fingerprint density at radius 3 is 2.23 bits per heavy atom. The molecule has 0 atom stereocenters. The molecule has 1 aromatic carbocycles. The van der Waals surface area contributed by atoms with Crippen LogP contribution in [0.15, 0.2) is 18.2 Å². The Morgan fingerprint density at radius 2 is 1.69 bits per heavy atom. The van der Waals surface area contributed by atoms with Crippen LogP contribution >= 0.6 is 0 Å². The van der Waals surface area contributed by atoms with E-state index >= 15 is 0 Å². The van der Waals surface area contributed by atoms with Crippen molar-refractivity contribution in [1.82, 2.24) is 9.80 Å². The zero-order chi connectivity index (χ0) is 19.1. The number of methoxy groups -OCH3 is 3. The SMILES string of the molecule is COc1ccc(/C=C/C(=O)N2CCN(CC(=O)O)CC2)c(OC)c1OC. The highest BCUT2D eigenvalue weighted by Gasteiger charge is 2.21. The largest absolute Gasteiger partial charge is 0.493 e. The molecule has 1 fully saturated rings. The molecule has 1 aromatic rings. The molecule has 8 heteroatoms. The van der Waals surface area contributed by atoms with E-state index in [4.69, 9.17) is 19.3 Å². The molecule has 0 unspecified atom stereocenters. The highest BCUT2D eigenvalue weighted by Crippen LogP contribution is 2.40. The van der Waals surface area contributed by atoms with Crippen LogP contribution in [0.2, 0.25) is 0 Å². The lowest BCUT2D eigenvalue weighted by Crippen LogP contribution is -2.49. The first-order chi connectivity index (χ1) is 12.5. The third-order valence-corrected chi connectivity index (χ3v) is 4.18. The first kappa shape index (κ1) is 19.6. The van der Waals surface area contributed by atoms with Crippen molar-refractivity contribution in [2.75, 3.05) is 54.1 Å². The maximum atomic E-state index is 12.4. The standard InChI is InChI=1S/C18H24N2O6/c1-24-14-6-4-13(17(25-2)18(14)26-3)5-7-15(21)20-10-8-19(9-11-20)12-16(22)23/h4-7H,8-12H2,1-3H3,(H,22,23)/b7-5+. The van der Waals surface area contributed by atoms with Crippen LogP contribution in [0.4, 0.5) is 0 Å². The second kappa shape index (κ2) is 9.10. The van der Waals surface area contributed by atoms with Gasteiger partial charge in [-0.3, -0.25) is 14.5 Å². The molecule has 0 radical (unpaired) electrons. The van der Waals surface area contributed by atoms with Gasteiger partial charge in [0.05, 0.1) is 27.9 Å². The minimum Gasteiger partial charge on any atom is -0.493 e. The zero-order valence-corrected chi connectivity index (χ0v) is 15.2. The number of carbonyl (C=O) groups excluding carboxylic acids is 1. The Hall–Kier alpha value is -2.74. The van der Waals surface area contributed by atoms with E-state index in [0.29, 0.717) is 49.0 Å². The van der Waals surface area contributed by atoms with Crippen LogP contribution in [0.25, 0.3) is 6.08 Å². The molecule has 2 rings (SSSR count). The van der Waals surface area contributed by atoms with E-state index in [9.17, 15) is 9.59 Å². The summed E-state index contributed by atoms with van der Waals surface area (Å²) in [6.07, 6.45) is 3.16. The number of aliphatic carboxylic acids is 1. The fourth-order valence-corrected chi connectivity index (χ4v) is 2.84. The fraction of sp³-hybridized carbons (Fsp3) is 0.444. The number of rotatable bonds is 7. The van der Waals surface area contributed by atoms with Crippen LogP contribution in [-0.4, -0.2) is 80.8 Å². The van der Waals surface area contributed by atoms with Crippen LogP contribution in [-0.2, 0) is 9.59 Å². The lowest BCUT2D eigenvalue weighted by Gasteiger charge is -2.33. The molecule has 1 amide bonds. The van der Waals surface area contributed by atoms with Gasteiger partial charge in [-0.1, -0.05) is 0 Å². The van der Waals surface area contributed by atoms with Crippen molar-refractivity contribution in [1.29, 1.82) is 0 Å². The fourth-order valence-electron chi connectivity index (χ4n) is 2.84. The molecule has 0 saturated carbocycles. The molecule has 0 aromatic heterocycles. The van der Waals surface area contributed by atoms with Gasteiger partial charge in [0.15, 0.2) is 11.5 Å². The van der Waals surface area contributed by atoms with Crippen LogP contribution < -0.4 is 14.2 Å². The van der Waals surface area contributed by atoms with Gasteiger partial charge in [-0.05, 0) is 18.2 Å². The van der Waals surface area contributed by atoms with Crippen molar-refractivity contribution < 1.29 is 28.9 Å². The summed E-state index contributed by atoms with van der Waals surface area (Å²) >= 11 is 0. The molecule has 26 heavy (non-hydrogen) atoms. The molecule has 0 spiro atoms. The molecule has 1 heterocycles. The molecule has 1 N–H and O–H groups in total. The van der Waals surface area contributed by atoms with E-state index < -0.39 is 5.97 Å². The summed E-state index contributed by atoms with van der Waals surface area (Å²) in [5.74, 6) is 0.512. The molecule has 8 nitrogen and oxygen atoms in total. The summed E-state index contributed by atoms with van der Waals surface area (Å²) < 4.78 is 16.0. The van der Waals surface area contributed by atoms with Crippen molar-refractivity contribution in [3.63, 3.8) is 0 Å². The van der Waals surface area contributed by atoms with Crippen LogP contribution in [0.1, 0.15) is 5.56 Å². The van der Waals surface area contributed by atoms with E-state index in [1.54, 1.807) is 30.2 Å². The number of carboxylic acid groups (broad SMARTS) is 1. The van der Waals surface area contributed by atoms with Crippen molar-refractivity contribution in [3.8, 4) is 17.2 Å². The lowest BCUT2D eigenvalue weighted by molar-refractivity contribution is -0.139. The maximum Gasteiger partial charge on any atom is 0.317 e. The summed E-state index contributed by atoms with van der Waals surface area (Å²) in [7, 11) is 4.59. The summed E-state index contributed by atoms with van der Waals surface area (Å²) in [5, 5.41) is 8.82. The molecule has 1 aliphatic rings. The number of benzene rings is 1. The van der Waals surface area contributed by atoms with Crippen molar-refractivity contribution in [3.05, 3.63) is 23.8 Å². The van der Waals surface area contributed by atoms with E-state index in [0.717, 1.165) is 0 Å². The predicted molar refractivity (Wildman–Crippen MR) is 95.8 cm³/mol. The molecular weight excluding hydrogens is 340 g/mol. The summed E-state index contributed by atoms with van der Waals surface area (Å²) in [4.78, 5) is 26.6. The number of carbonyl (C=O) groups is 2. The number of hydrogen-bond acceptors (Lipinski definition) is 6. The van der Waals surface area contributed by atoms with E-state index in [-0.39, 0.29) is 12.5 Å². The van der Waals surface area contributed by atoms with E-state index in [1.807, 2.05) is 4.90 Å². The van der Waals surface area contributed by atoms with Crippen molar-refractivity contribution in [2.45, 2.75) is 0 Å². The normalized spacial score (nSPS) is 15.1. The zero-order valence-electron chi connectivity index (χ0n) is 15.2. The predicted octanol–water partition coefficient (Wildman–Crippen LogP) is 0.954. The molecule has 1 aliphatic heterocycles. The minimum absolute atomic E-state index is 0.000706. The number of ether oxygens (including phenoxy) is 3. The van der Waals surface area contributed by atoms with Crippen molar-refractivity contribution in [2.24, 2.45) is 0 Å². The molecular formula is C18H24N2O6. The van der Waals surface area contributed by atoms with Gasteiger partial charge in [0.2, 0.25) is 11.7 Å². The van der Waals surface area contributed by atoms with Gasteiger partial charge in [-0.25, -0.2) is 0 Å². The topological polar surface area (TPSA) is 88.5 Å².